The van der Waals surface area contributed by atoms with Crippen LogP contribution in [0.4, 0.5) is 0 Å². The minimum atomic E-state index is -3.09. The molecular weight excluding hydrogens is 366 g/mol. The minimum Gasteiger partial charge on any atom is -0.452 e. The third-order valence-corrected chi connectivity index (χ3v) is 7.29. The Morgan fingerprint density at radius 2 is 1.81 bits per heavy atom. The molecule has 27 heavy (non-hydrogen) atoms. The van der Waals surface area contributed by atoms with E-state index >= 15 is 0 Å². The van der Waals surface area contributed by atoms with E-state index in [-0.39, 0.29) is 36.1 Å². The van der Waals surface area contributed by atoms with Gasteiger partial charge in [0.1, 0.15) is 0 Å². The maximum Gasteiger partial charge on any atom is 0.338 e. The predicted octanol–water partition coefficient (Wildman–Crippen LogP) is 2.42. The maximum absolute atomic E-state index is 12.9. The molecule has 1 heterocycles. The summed E-state index contributed by atoms with van der Waals surface area (Å²) in [6.45, 7) is 3.43. The SMILES string of the molecule is Cc1ccc(C(=O)OCC(=O)N(C2CCCC2)[C@@H]2CCS(=O)(=O)C2)c(C)c1. The Balaban J connectivity index is 1.68. The van der Waals surface area contributed by atoms with Gasteiger partial charge in [-0.25, -0.2) is 13.2 Å². The van der Waals surface area contributed by atoms with Gasteiger partial charge in [-0.2, -0.15) is 0 Å². The molecule has 2 aliphatic rings. The van der Waals surface area contributed by atoms with Crippen LogP contribution in [-0.4, -0.2) is 55.4 Å². The molecule has 6 nitrogen and oxygen atoms in total. The molecule has 0 radical (unpaired) electrons. The molecule has 1 aromatic rings. The van der Waals surface area contributed by atoms with Crippen molar-refractivity contribution in [3.63, 3.8) is 0 Å². The van der Waals surface area contributed by atoms with E-state index in [9.17, 15) is 18.0 Å². The van der Waals surface area contributed by atoms with Gasteiger partial charge in [0.05, 0.1) is 17.1 Å². The van der Waals surface area contributed by atoms with Crippen molar-refractivity contribution in [1.82, 2.24) is 4.90 Å². The third-order valence-electron chi connectivity index (χ3n) is 5.54. The zero-order valence-corrected chi connectivity index (χ0v) is 16.8. The molecule has 1 saturated carbocycles. The van der Waals surface area contributed by atoms with Gasteiger partial charge >= 0.3 is 5.97 Å². The molecule has 3 rings (SSSR count). The predicted molar refractivity (Wildman–Crippen MR) is 102 cm³/mol. The zero-order valence-electron chi connectivity index (χ0n) is 15.9. The van der Waals surface area contributed by atoms with Crippen LogP contribution < -0.4 is 0 Å². The van der Waals surface area contributed by atoms with Gasteiger partial charge in [0.25, 0.3) is 5.91 Å². The van der Waals surface area contributed by atoms with Crippen molar-refractivity contribution in [2.24, 2.45) is 0 Å². The smallest absolute Gasteiger partial charge is 0.338 e. The van der Waals surface area contributed by atoms with E-state index in [4.69, 9.17) is 4.74 Å². The second-order valence-electron chi connectivity index (χ2n) is 7.69. The van der Waals surface area contributed by atoms with Gasteiger partial charge < -0.3 is 9.64 Å². The Morgan fingerprint density at radius 1 is 1.11 bits per heavy atom. The van der Waals surface area contributed by atoms with Crippen LogP contribution in [-0.2, 0) is 19.4 Å². The molecule has 1 amide bonds. The zero-order chi connectivity index (χ0) is 19.6. The lowest BCUT2D eigenvalue weighted by Crippen LogP contribution is -2.48. The first kappa shape index (κ1) is 19.9. The summed E-state index contributed by atoms with van der Waals surface area (Å²) in [5.74, 6) is -0.676. The summed E-state index contributed by atoms with van der Waals surface area (Å²) in [5, 5.41) is 0. The summed E-state index contributed by atoms with van der Waals surface area (Å²) in [7, 11) is -3.09. The number of ether oxygens (including phenoxy) is 1. The summed E-state index contributed by atoms with van der Waals surface area (Å²) in [5.41, 5.74) is 2.31. The van der Waals surface area contributed by atoms with Crippen LogP contribution >= 0.6 is 0 Å². The average molecular weight is 394 g/mol. The fourth-order valence-electron chi connectivity index (χ4n) is 4.20. The highest BCUT2D eigenvalue weighted by molar-refractivity contribution is 7.91. The number of sulfone groups is 1. The Labute approximate surface area is 160 Å². The largest absolute Gasteiger partial charge is 0.452 e. The van der Waals surface area contributed by atoms with Crippen LogP contribution in [0.3, 0.4) is 0 Å². The average Bonchev–Trinajstić information content (AvgIpc) is 3.23. The molecular formula is C20H27NO5S. The van der Waals surface area contributed by atoms with Crippen LogP contribution in [0, 0.1) is 13.8 Å². The summed E-state index contributed by atoms with van der Waals surface area (Å²) < 4.78 is 29.0. The van der Waals surface area contributed by atoms with Crippen LogP contribution in [0.5, 0.6) is 0 Å². The van der Waals surface area contributed by atoms with E-state index in [1.165, 1.54) is 0 Å². The highest BCUT2D eigenvalue weighted by Crippen LogP contribution is 2.29. The van der Waals surface area contributed by atoms with Gasteiger partial charge in [0, 0.05) is 12.1 Å². The third kappa shape index (κ3) is 4.69. The number of amides is 1. The number of hydrogen-bond acceptors (Lipinski definition) is 5. The molecule has 1 saturated heterocycles. The van der Waals surface area contributed by atoms with Gasteiger partial charge in [-0.05, 0) is 44.7 Å². The quantitative estimate of drug-likeness (QED) is 0.718. The van der Waals surface area contributed by atoms with Crippen molar-refractivity contribution in [3.05, 3.63) is 34.9 Å². The highest BCUT2D eigenvalue weighted by atomic mass is 32.2. The molecule has 1 aromatic carbocycles. The maximum atomic E-state index is 12.9. The van der Waals surface area contributed by atoms with Crippen LogP contribution in [0.15, 0.2) is 18.2 Å². The van der Waals surface area contributed by atoms with E-state index in [1.807, 2.05) is 26.0 Å². The fraction of sp³-hybridized carbons (Fsp3) is 0.600. The van der Waals surface area contributed by atoms with Gasteiger partial charge in [-0.1, -0.05) is 30.5 Å². The van der Waals surface area contributed by atoms with E-state index in [0.717, 1.165) is 36.8 Å². The molecule has 7 heteroatoms. The monoisotopic (exact) mass is 393 g/mol. The van der Waals surface area contributed by atoms with Gasteiger partial charge in [0.15, 0.2) is 16.4 Å². The summed E-state index contributed by atoms with van der Waals surface area (Å²) in [6, 6.07) is 5.18. The number of aryl methyl sites for hydroxylation is 2. The van der Waals surface area contributed by atoms with Crippen molar-refractivity contribution in [2.75, 3.05) is 18.1 Å². The van der Waals surface area contributed by atoms with Crippen molar-refractivity contribution in [2.45, 2.75) is 58.0 Å². The fourth-order valence-corrected chi connectivity index (χ4v) is 5.92. The van der Waals surface area contributed by atoms with Crippen molar-refractivity contribution in [1.29, 1.82) is 0 Å². The Morgan fingerprint density at radius 3 is 2.41 bits per heavy atom. The molecule has 0 unspecified atom stereocenters. The summed E-state index contributed by atoms with van der Waals surface area (Å²) in [6.07, 6.45) is 4.31. The topological polar surface area (TPSA) is 80.8 Å². The van der Waals surface area contributed by atoms with E-state index < -0.39 is 15.8 Å². The Hall–Kier alpha value is -1.89. The number of nitrogens with zero attached hydrogens (tertiary/aromatic N) is 1. The van der Waals surface area contributed by atoms with Crippen LogP contribution in [0.1, 0.15) is 53.6 Å². The van der Waals surface area contributed by atoms with Crippen LogP contribution in [0.25, 0.3) is 0 Å². The van der Waals surface area contributed by atoms with Gasteiger partial charge in [-0.15, -0.1) is 0 Å². The molecule has 1 aliphatic heterocycles. The van der Waals surface area contributed by atoms with Gasteiger partial charge in [0.2, 0.25) is 0 Å². The van der Waals surface area contributed by atoms with Crippen LogP contribution in [0.2, 0.25) is 0 Å². The number of rotatable bonds is 5. The first-order valence-electron chi connectivity index (χ1n) is 9.53. The normalized spacial score (nSPS) is 21.9. The summed E-state index contributed by atoms with van der Waals surface area (Å²) >= 11 is 0. The Kier molecular flexibility index (Phi) is 5.89. The second kappa shape index (κ2) is 8.00. The first-order chi connectivity index (χ1) is 12.8. The molecule has 0 spiro atoms. The number of hydrogen-bond donors (Lipinski definition) is 0. The number of carbonyl (C=O) groups excluding carboxylic acids is 2. The summed E-state index contributed by atoms with van der Waals surface area (Å²) in [4.78, 5) is 26.9. The van der Waals surface area contributed by atoms with E-state index in [1.54, 1.807) is 11.0 Å². The second-order valence-corrected chi connectivity index (χ2v) is 9.92. The molecule has 0 bridgehead atoms. The molecule has 0 N–H and O–H groups in total. The minimum absolute atomic E-state index is 0.0141. The standard InChI is InChI=1S/C20H27NO5S/c1-14-7-8-18(15(2)11-14)20(23)26-12-19(22)21(16-5-3-4-6-16)17-9-10-27(24,25)13-17/h7-8,11,16-17H,3-6,9-10,12-13H2,1-2H3/t17-/m1/s1. The number of carbonyl (C=O) groups is 2. The lowest BCUT2D eigenvalue weighted by atomic mass is 10.1. The molecule has 1 atom stereocenters. The van der Waals surface area contributed by atoms with E-state index in [0.29, 0.717) is 12.0 Å². The van der Waals surface area contributed by atoms with Crippen molar-refractivity contribution in [3.8, 4) is 0 Å². The van der Waals surface area contributed by atoms with E-state index in [2.05, 4.69) is 0 Å². The molecule has 1 aliphatic carbocycles. The van der Waals surface area contributed by atoms with Crippen molar-refractivity contribution < 1.29 is 22.7 Å². The number of esters is 1. The van der Waals surface area contributed by atoms with Gasteiger partial charge in [-0.3, -0.25) is 4.79 Å². The first-order valence-corrected chi connectivity index (χ1v) is 11.3. The molecule has 0 aromatic heterocycles. The van der Waals surface area contributed by atoms with Crippen molar-refractivity contribution >= 4 is 21.7 Å². The molecule has 148 valence electrons. The highest BCUT2D eigenvalue weighted by Gasteiger charge is 2.39. The lowest BCUT2D eigenvalue weighted by Gasteiger charge is -2.33. The Bertz CT molecular complexity index is 827. The lowest BCUT2D eigenvalue weighted by molar-refractivity contribution is -0.139. The molecule has 2 fully saturated rings. The number of benzene rings is 1.